The first-order chi connectivity index (χ1) is 25.4. The molecule has 3 aromatic carbocycles. The van der Waals surface area contributed by atoms with Crippen molar-refractivity contribution in [3.8, 4) is 16.9 Å². The first-order valence-corrected chi connectivity index (χ1v) is 16.0. The zero-order valence-corrected chi connectivity index (χ0v) is 27.4. The summed E-state index contributed by atoms with van der Waals surface area (Å²) in [5.74, 6) is -5.92. The summed E-state index contributed by atoms with van der Waals surface area (Å²) in [4.78, 5) is 40.8. The van der Waals surface area contributed by atoms with E-state index in [1.54, 1.807) is 6.08 Å². The number of halogens is 5. The highest BCUT2D eigenvalue weighted by Crippen LogP contribution is 2.53. The van der Waals surface area contributed by atoms with Crippen LogP contribution in [0, 0.1) is 29.4 Å². The zero-order valence-electron chi connectivity index (χ0n) is 27.4. The van der Waals surface area contributed by atoms with E-state index in [4.69, 9.17) is 9.26 Å². The second-order valence-corrected chi connectivity index (χ2v) is 12.4. The van der Waals surface area contributed by atoms with E-state index in [0.29, 0.717) is 30.5 Å². The number of aromatic amines is 1. The highest BCUT2D eigenvalue weighted by atomic mass is 19.4. The molecule has 0 aliphatic heterocycles. The maximum Gasteiger partial charge on any atom is 0.419 e. The molecule has 0 radical (unpaired) electrons. The van der Waals surface area contributed by atoms with Gasteiger partial charge in [0.15, 0.2) is 0 Å². The van der Waals surface area contributed by atoms with E-state index in [1.807, 2.05) is 0 Å². The van der Waals surface area contributed by atoms with Crippen molar-refractivity contribution in [1.82, 2.24) is 31.1 Å². The van der Waals surface area contributed by atoms with E-state index in [9.17, 15) is 31.9 Å². The van der Waals surface area contributed by atoms with Crippen molar-refractivity contribution in [3.05, 3.63) is 107 Å². The fourth-order valence-electron chi connectivity index (χ4n) is 7.07. The van der Waals surface area contributed by atoms with E-state index in [2.05, 4.69) is 41.7 Å². The molecule has 2 aliphatic rings. The molecule has 4 atom stereocenters. The topological polar surface area (TPSA) is 177 Å². The van der Waals surface area contributed by atoms with Gasteiger partial charge in [-0.05, 0) is 78.1 Å². The van der Waals surface area contributed by atoms with Crippen molar-refractivity contribution >= 4 is 35.4 Å². The summed E-state index contributed by atoms with van der Waals surface area (Å²) in [5.41, 5.74) is -0.155. The summed E-state index contributed by atoms with van der Waals surface area (Å²) < 4.78 is 80.0. The molecule has 4 N–H and O–H groups in total. The number of carbonyl (C=O) groups excluding carboxylic acids is 3. The molecule has 7 rings (SSSR count). The Morgan fingerprint density at radius 1 is 0.962 bits per heavy atom. The number of tetrazole rings is 1. The van der Waals surface area contributed by atoms with Crippen LogP contribution in [-0.2, 0) is 11.0 Å². The summed E-state index contributed by atoms with van der Waals surface area (Å²) in [6.45, 7) is 0. The summed E-state index contributed by atoms with van der Waals surface area (Å²) in [5, 5.41) is 24.4. The number of amides is 3. The largest absolute Gasteiger partial charge is 0.496 e. The van der Waals surface area contributed by atoms with E-state index in [-0.39, 0.29) is 45.6 Å². The predicted molar refractivity (Wildman–Crippen MR) is 176 cm³/mol. The first-order valence-electron chi connectivity index (χ1n) is 16.0. The fraction of sp³-hybridized carbons (Fsp3) is 0.229. The zero-order chi connectivity index (χ0) is 37.4. The Morgan fingerprint density at radius 2 is 1.75 bits per heavy atom. The van der Waals surface area contributed by atoms with Crippen LogP contribution >= 0.6 is 0 Å². The van der Waals surface area contributed by atoms with Gasteiger partial charge >= 0.3 is 6.18 Å². The lowest BCUT2D eigenvalue weighted by Crippen LogP contribution is -2.48. The Bertz CT molecular complexity index is 2230. The van der Waals surface area contributed by atoms with Crippen LogP contribution in [0.25, 0.3) is 17.2 Å². The van der Waals surface area contributed by atoms with Gasteiger partial charge in [-0.15, -0.1) is 5.10 Å². The average Bonchev–Trinajstić information content (AvgIpc) is 3.96. The van der Waals surface area contributed by atoms with Gasteiger partial charge in [0, 0.05) is 34.3 Å². The number of aromatic nitrogens is 5. The molecular weight excluding hydrogens is 707 g/mol. The molecule has 53 heavy (non-hydrogen) atoms. The molecule has 2 bridgehead atoms. The lowest BCUT2D eigenvalue weighted by molar-refractivity contribution is -0.140. The minimum absolute atomic E-state index is 0.0175. The van der Waals surface area contributed by atoms with Gasteiger partial charge in [0.05, 0.1) is 30.4 Å². The Labute approximate surface area is 296 Å². The number of ether oxygens (including phenoxy) is 1. The lowest BCUT2D eigenvalue weighted by Gasteiger charge is -2.30. The van der Waals surface area contributed by atoms with Gasteiger partial charge in [-0.25, -0.2) is 8.78 Å². The van der Waals surface area contributed by atoms with Gasteiger partial charge in [0.1, 0.15) is 23.6 Å². The van der Waals surface area contributed by atoms with Gasteiger partial charge in [-0.1, -0.05) is 28.0 Å². The average molecular weight is 735 g/mol. The van der Waals surface area contributed by atoms with E-state index >= 15 is 4.39 Å². The van der Waals surface area contributed by atoms with Crippen molar-refractivity contribution in [2.24, 2.45) is 17.8 Å². The predicted octanol–water partition coefficient (Wildman–Crippen LogP) is 5.89. The number of rotatable bonds is 9. The molecule has 2 saturated carbocycles. The van der Waals surface area contributed by atoms with Crippen molar-refractivity contribution in [1.29, 1.82) is 0 Å². The standard InChI is InChI=1S/C35H27F5N8O5/c1-52-28-9-3-17(22-12-18(2-7-26(22)36)31(49)44-34-45-47-48-46-34)11-24(28)32(50)43-30-21-6-5-20(23(21)10-16-14-41-53-15-16)29(30)33(51)42-19-4-8-27(37)25(13-19)35(38,39)40/h2-4,7-15,20-21,29-30H,5-6H2,1H3,(H,42,51)(H,43,50)(H2,44,45,46,47,48,49)/b23-10-/t20?,21?,29-,30+/m0/s1. The molecule has 2 heterocycles. The number of hydrogen-bond acceptors (Lipinski definition) is 9. The third-order valence-electron chi connectivity index (χ3n) is 9.38. The fourth-order valence-corrected chi connectivity index (χ4v) is 7.07. The molecule has 272 valence electrons. The van der Waals surface area contributed by atoms with Gasteiger partial charge in [0.2, 0.25) is 5.91 Å². The molecule has 5 aromatic rings. The Morgan fingerprint density at radius 3 is 2.47 bits per heavy atom. The van der Waals surface area contributed by atoms with Crippen LogP contribution in [0.3, 0.4) is 0 Å². The number of H-pyrrole nitrogens is 1. The van der Waals surface area contributed by atoms with Crippen LogP contribution in [0.15, 0.2) is 77.2 Å². The van der Waals surface area contributed by atoms with E-state index in [0.717, 1.165) is 17.7 Å². The quantitative estimate of drug-likeness (QED) is 0.135. The number of methoxy groups -OCH3 is 1. The van der Waals surface area contributed by atoms with Gasteiger partial charge < -0.3 is 19.9 Å². The molecule has 2 aromatic heterocycles. The van der Waals surface area contributed by atoms with Gasteiger partial charge in [-0.2, -0.15) is 18.4 Å². The van der Waals surface area contributed by atoms with Crippen LogP contribution in [0.4, 0.5) is 33.6 Å². The number of hydrogen-bond donors (Lipinski definition) is 4. The number of carbonyl (C=O) groups is 3. The summed E-state index contributed by atoms with van der Waals surface area (Å²) in [7, 11) is 1.33. The van der Waals surface area contributed by atoms with Crippen LogP contribution in [0.2, 0.25) is 0 Å². The highest BCUT2D eigenvalue weighted by molar-refractivity contribution is 6.04. The van der Waals surface area contributed by atoms with Crippen LogP contribution in [0.1, 0.15) is 44.7 Å². The molecule has 0 spiro atoms. The first kappa shape index (κ1) is 35.0. The number of anilines is 2. The summed E-state index contributed by atoms with van der Waals surface area (Å²) >= 11 is 0. The maximum absolute atomic E-state index is 15.2. The lowest BCUT2D eigenvalue weighted by atomic mass is 9.83. The van der Waals surface area contributed by atoms with Crippen molar-refractivity contribution in [3.63, 3.8) is 0 Å². The van der Waals surface area contributed by atoms with Crippen LogP contribution in [0.5, 0.6) is 5.75 Å². The smallest absolute Gasteiger partial charge is 0.419 e. The number of alkyl halides is 3. The molecule has 18 heteroatoms. The van der Waals surface area contributed by atoms with E-state index < -0.39 is 59.0 Å². The highest BCUT2D eigenvalue weighted by Gasteiger charge is 2.54. The van der Waals surface area contributed by atoms with E-state index in [1.165, 1.54) is 49.9 Å². The molecule has 2 unspecified atom stereocenters. The molecular formula is C35H27F5N8O5. The molecule has 13 nitrogen and oxygen atoms in total. The summed E-state index contributed by atoms with van der Waals surface area (Å²) in [6.07, 6.45) is 0.803. The number of nitrogens with one attached hydrogen (secondary N) is 4. The second kappa shape index (κ2) is 13.9. The number of benzene rings is 3. The van der Waals surface area contributed by atoms with Crippen LogP contribution in [-0.4, -0.2) is 56.7 Å². The second-order valence-electron chi connectivity index (χ2n) is 12.4. The van der Waals surface area contributed by atoms with Crippen molar-refractivity contribution in [2.45, 2.75) is 25.1 Å². The Kier molecular flexibility index (Phi) is 9.19. The third kappa shape index (κ3) is 6.94. The normalized spacial score (nSPS) is 20.0. The molecule has 3 amide bonds. The monoisotopic (exact) mass is 734 g/mol. The minimum Gasteiger partial charge on any atom is -0.496 e. The third-order valence-corrected chi connectivity index (χ3v) is 9.38. The van der Waals surface area contributed by atoms with Crippen LogP contribution < -0.4 is 20.7 Å². The minimum atomic E-state index is -5.00. The number of fused-ring (bicyclic) bond motifs is 2. The Balaban J connectivity index is 1.20. The molecule has 2 aliphatic carbocycles. The number of nitrogens with zero attached hydrogens (tertiary/aromatic N) is 4. The maximum atomic E-state index is 15.2. The van der Waals surface area contributed by atoms with Gasteiger partial charge in [-0.3, -0.25) is 19.7 Å². The van der Waals surface area contributed by atoms with Gasteiger partial charge in [0.25, 0.3) is 17.8 Å². The molecule has 0 saturated heterocycles. The summed E-state index contributed by atoms with van der Waals surface area (Å²) in [6, 6.07) is 9.26. The molecule has 2 fully saturated rings. The van der Waals surface area contributed by atoms with Crippen molar-refractivity contribution < 1.29 is 45.6 Å². The van der Waals surface area contributed by atoms with Crippen molar-refractivity contribution in [2.75, 3.05) is 17.7 Å². The SMILES string of the molecule is COc1ccc(-c2cc(C(=O)Nc3nn[nH]n3)ccc2F)cc1C(=O)N[C@@H]1C2CCC(/C2=C/c2cnoc2)[C@@H]1C(=O)Nc1ccc(F)c(C(F)(F)F)c1. The Hall–Kier alpha value is -6.46.